The molecule has 0 aliphatic carbocycles. The molecule has 1 fully saturated rings. The summed E-state index contributed by atoms with van der Waals surface area (Å²) in [5, 5.41) is 7.47. The molecule has 1 aliphatic rings. The van der Waals surface area contributed by atoms with Gasteiger partial charge < -0.3 is 10.2 Å². The zero-order valence-corrected chi connectivity index (χ0v) is 19.3. The first-order valence-electron chi connectivity index (χ1n) is 11.4. The number of amides is 2. The van der Waals surface area contributed by atoms with Crippen LogP contribution in [-0.4, -0.2) is 39.6 Å². The Kier molecular flexibility index (Phi) is 7.05. The highest BCUT2D eigenvalue weighted by Gasteiger charge is 2.29. The number of carbonyl (C=O) groups is 2. The number of halogens is 2. The van der Waals surface area contributed by atoms with Crippen LogP contribution in [0.15, 0.2) is 54.7 Å². The van der Waals surface area contributed by atoms with E-state index < -0.39 is 0 Å². The molecule has 178 valence electrons. The summed E-state index contributed by atoms with van der Waals surface area (Å²) < 4.78 is 28.1. The van der Waals surface area contributed by atoms with Gasteiger partial charge in [-0.05, 0) is 68.7 Å². The number of likely N-dealkylation sites (tertiary alicyclic amines) is 1. The maximum atomic E-state index is 13.2. The molecule has 2 amide bonds. The quantitative estimate of drug-likeness (QED) is 0.594. The first kappa shape index (κ1) is 23.6. The molecule has 2 atom stereocenters. The molecule has 0 spiro atoms. The number of rotatable bonds is 6. The van der Waals surface area contributed by atoms with Crippen molar-refractivity contribution >= 4 is 11.8 Å². The lowest BCUT2D eigenvalue weighted by Crippen LogP contribution is -2.46. The smallest absolute Gasteiger partial charge is 0.227 e. The minimum Gasteiger partial charge on any atom is -0.349 e. The molecule has 6 nitrogen and oxygen atoms in total. The van der Waals surface area contributed by atoms with Crippen molar-refractivity contribution < 1.29 is 18.4 Å². The van der Waals surface area contributed by atoms with E-state index in [1.54, 1.807) is 40.0 Å². The van der Waals surface area contributed by atoms with E-state index in [4.69, 9.17) is 0 Å². The van der Waals surface area contributed by atoms with E-state index in [0.29, 0.717) is 19.5 Å². The largest absolute Gasteiger partial charge is 0.349 e. The van der Waals surface area contributed by atoms with Crippen molar-refractivity contribution in [3.8, 4) is 5.69 Å². The summed E-state index contributed by atoms with van der Waals surface area (Å²) in [6, 6.07) is 11.7. The summed E-state index contributed by atoms with van der Waals surface area (Å²) in [5.74, 6) is -1.10. The minimum absolute atomic E-state index is 0.0615. The lowest BCUT2D eigenvalue weighted by molar-refractivity contribution is -0.135. The fourth-order valence-electron chi connectivity index (χ4n) is 4.41. The van der Waals surface area contributed by atoms with Crippen LogP contribution in [0.5, 0.6) is 0 Å². The Hall–Kier alpha value is -3.55. The summed E-state index contributed by atoms with van der Waals surface area (Å²) in [5.41, 5.74) is 3.23. The third-order valence-electron chi connectivity index (χ3n) is 6.36. The van der Waals surface area contributed by atoms with Gasteiger partial charge in [0.25, 0.3) is 0 Å². The number of nitrogens with zero attached hydrogens (tertiary/aromatic N) is 3. The number of nitrogens with one attached hydrogen (secondary N) is 1. The third-order valence-corrected chi connectivity index (χ3v) is 6.36. The Bertz CT molecular complexity index is 1160. The van der Waals surface area contributed by atoms with Gasteiger partial charge >= 0.3 is 0 Å². The van der Waals surface area contributed by atoms with E-state index in [0.717, 1.165) is 28.9 Å². The summed E-state index contributed by atoms with van der Waals surface area (Å²) in [6.07, 6.45) is 3.37. The van der Waals surface area contributed by atoms with E-state index >= 15 is 0 Å². The van der Waals surface area contributed by atoms with E-state index in [1.165, 1.54) is 24.3 Å². The van der Waals surface area contributed by atoms with Crippen LogP contribution in [-0.2, 0) is 16.0 Å². The van der Waals surface area contributed by atoms with Crippen molar-refractivity contribution in [2.45, 2.75) is 39.2 Å². The Balaban J connectivity index is 1.37. The molecular weight excluding hydrogens is 438 g/mol. The lowest BCUT2D eigenvalue weighted by Gasteiger charge is -2.32. The van der Waals surface area contributed by atoms with Gasteiger partial charge in [-0.25, -0.2) is 13.5 Å². The predicted octanol–water partition coefficient (Wildman–Crippen LogP) is 4.12. The normalized spacial score (nSPS) is 16.8. The van der Waals surface area contributed by atoms with E-state index in [9.17, 15) is 18.4 Å². The third kappa shape index (κ3) is 5.32. The molecule has 4 rings (SSSR count). The van der Waals surface area contributed by atoms with Crippen molar-refractivity contribution in [1.82, 2.24) is 20.0 Å². The van der Waals surface area contributed by atoms with Crippen molar-refractivity contribution in [2.24, 2.45) is 5.92 Å². The number of benzene rings is 2. The van der Waals surface area contributed by atoms with Crippen molar-refractivity contribution in [1.29, 1.82) is 0 Å². The molecule has 8 heteroatoms. The molecule has 3 aromatic rings. The van der Waals surface area contributed by atoms with E-state index in [2.05, 4.69) is 10.4 Å². The van der Waals surface area contributed by atoms with Gasteiger partial charge in [-0.15, -0.1) is 0 Å². The Morgan fingerprint density at radius 2 is 1.74 bits per heavy atom. The topological polar surface area (TPSA) is 67.2 Å². The highest BCUT2D eigenvalue weighted by atomic mass is 19.1. The molecular formula is C26H28F2N4O2. The van der Waals surface area contributed by atoms with Gasteiger partial charge in [-0.2, -0.15) is 5.10 Å². The Morgan fingerprint density at radius 3 is 2.41 bits per heavy atom. The van der Waals surface area contributed by atoms with Gasteiger partial charge in [0, 0.05) is 24.3 Å². The van der Waals surface area contributed by atoms with Crippen LogP contribution < -0.4 is 5.32 Å². The molecule has 0 radical (unpaired) electrons. The monoisotopic (exact) mass is 466 g/mol. The van der Waals surface area contributed by atoms with Gasteiger partial charge in [0.05, 0.1) is 30.3 Å². The highest BCUT2D eigenvalue weighted by Crippen LogP contribution is 2.23. The van der Waals surface area contributed by atoms with Crippen LogP contribution in [0.25, 0.3) is 5.69 Å². The molecule has 1 aliphatic heterocycles. The van der Waals surface area contributed by atoms with E-state index in [-0.39, 0.29) is 41.8 Å². The second-order valence-electron chi connectivity index (χ2n) is 8.79. The molecule has 2 heterocycles. The zero-order chi connectivity index (χ0) is 24.2. The zero-order valence-electron chi connectivity index (χ0n) is 19.3. The first-order chi connectivity index (χ1) is 16.3. The predicted molar refractivity (Wildman–Crippen MR) is 124 cm³/mol. The fourth-order valence-corrected chi connectivity index (χ4v) is 4.41. The minimum atomic E-state index is -0.335. The summed E-state index contributed by atoms with van der Waals surface area (Å²) >= 11 is 0. The van der Waals surface area contributed by atoms with Gasteiger partial charge in [-0.3, -0.25) is 9.59 Å². The maximum absolute atomic E-state index is 13.2. The highest BCUT2D eigenvalue weighted by molar-refractivity contribution is 5.82. The van der Waals surface area contributed by atoms with Crippen LogP contribution in [0.2, 0.25) is 0 Å². The SMILES string of the molecule is Cc1c(C(C)NC(=O)C2CCCN(C(=O)Cc3ccc(F)cc3)C2)cnn1-c1ccc(F)cc1. The van der Waals surface area contributed by atoms with Crippen LogP contribution in [0.1, 0.15) is 42.6 Å². The molecule has 1 saturated heterocycles. The molecule has 1 N–H and O–H groups in total. The number of carbonyl (C=O) groups excluding carboxylic acids is 2. The van der Waals surface area contributed by atoms with Crippen LogP contribution in [0.4, 0.5) is 8.78 Å². The number of hydrogen-bond donors (Lipinski definition) is 1. The Morgan fingerprint density at radius 1 is 1.09 bits per heavy atom. The first-order valence-corrected chi connectivity index (χ1v) is 11.4. The van der Waals surface area contributed by atoms with Crippen LogP contribution in [0, 0.1) is 24.5 Å². The van der Waals surface area contributed by atoms with Crippen LogP contribution >= 0.6 is 0 Å². The average molecular weight is 467 g/mol. The number of hydrogen-bond acceptors (Lipinski definition) is 3. The summed E-state index contributed by atoms with van der Waals surface area (Å²) in [7, 11) is 0. The van der Waals surface area contributed by atoms with Gasteiger partial charge in [0.2, 0.25) is 11.8 Å². The van der Waals surface area contributed by atoms with Crippen molar-refractivity contribution in [3.05, 3.63) is 83.2 Å². The number of piperidine rings is 1. The summed E-state index contributed by atoms with van der Waals surface area (Å²) in [6.45, 7) is 4.79. The lowest BCUT2D eigenvalue weighted by atomic mass is 9.95. The Labute approximate surface area is 197 Å². The van der Waals surface area contributed by atoms with Crippen LogP contribution in [0.3, 0.4) is 0 Å². The molecule has 2 aromatic carbocycles. The molecule has 0 saturated carbocycles. The maximum Gasteiger partial charge on any atom is 0.227 e. The van der Waals surface area contributed by atoms with Gasteiger partial charge in [0.1, 0.15) is 11.6 Å². The number of aromatic nitrogens is 2. The molecule has 2 unspecified atom stereocenters. The fraction of sp³-hybridized carbons (Fsp3) is 0.346. The standard InChI is InChI=1S/C26H28F2N4O2/c1-17(24-15-29-32(18(24)2)23-11-9-22(28)10-12-23)30-26(34)20-4-3-13-31(16-20)25(33)14-19-5-7-21(27)8-6-19/h5-12,15,17,20H,3-4,13-14,16H2,1-2H3,(H,30,34). The second kappa shape index (κ2) is 10.2. The second-order valence-corrected chi connectivity index (χ2v) is 8.79. The summed E-state index contributed by atoms with van der Waals surface area (Å²) in [4.78, 5) is 27.5. The average Bonchev–Trinajstić information content (AvgIpc) is 3.22. The van der Waals surface area contributed by atoms with E-state index in [1.807, 2.05) is 13.8 Å². The molecule has 0 bridgehead atoms. The van der Waals surface area contributed by atoms with Gasteiger partial charge in [-0.1, -0.05) is 12.1 Å². The molecule has 34 heavy (non-hydrogen) atoms. The van der Waals surface area contributed by atoms with Crippen molar-refractivity contribution in [3.63, 3.8) is 0 Å². The van der Waals surface area contributed by atoms with Crippen molar-refractivity contribution in [2.75, 3.05) is 13.1 Å². The molecule has 1 aromatic heterocycles. The van der Waals surface area contributed by atoms with Gasteiger partial charge in [0.15, 0.2) is 0 Å².